The second-order valence-electron chi connectivity index (χ2n) is 8.80. The second-order valence-corrected chi connectivity index (χ2v) is 8.80. The Morgan fingerprint density at radius 1 is 0.941 bits per heavy atom. The third-order valence-corrected chi connectivity index (χ3v) is 5.86. The van der Waals surface area contributed by atoms with Gasteiger partial charge in [-0.2, -0.15) is 5.26 Å². The highest BCUT2D eigenvalue weighted by Gasteiger charge is 2.27. The van der Waals surface area contributed by atoms with E-state index in [2.05, 4.69) is 38.2 Å². The number of benzene rings is 3. The summed E-state index contributed by atoms with van der Waals surface area (Å²) < 4.78 is 31.1. The van der Waals surface area contributed by atoms with Crippen molar-refractivity contribution in [3.8, 4) is 34.4 Å². The molecular formula is C28H27FN2O3. The summed E-state index contributed by atoms with van der Waals surface area (Å²) in [5.41, 5.74) is 5.97. The normalized spacial score (nSPS) is 13.7. The van der Waals surface area contributed by atoms with Crippen molar-refractivity contribution in [1.82, 2.24) is 0 Å². The molecular weight excluding hydrogens is 431 g/mol. The van der Waals surface area contributed by atoms with Crippen molar-refractivity contribution in [2.75, 3.05) is 19.5 Å². The Morgan fingerprint density at radius 2 is 1.68 bits per heavy atom. The number of fused-ring (bicyclic) bond motifs is 1. The maximum atomic E-state index is 13.9. The number of nitrogens with one attached hydrogen (secondary N) is 1. The Kier molecular flexibility index (Phi) is 6.21. The molecule has 3 aromatic carbocycles. The van der Waals surface area contributed by atoms with Crippen molar-refractivity contribution in [3.05, 3.63) is 77.1 Å². The number of ether oxygens (including phenoxy) is 3. The van der Waals surface area contributed by atoms with Gasteiger partial charge in [0.25, 0.3) is 0 Å². The van der Waals surface area contributed by atoms with Gasteiger partial charge in [-0.25, -0.2) is 4.39 Å². The van der Waals surface area contributed by atoms with E-state index in [9.17, 15) is 9.65 Å². The Balaban J connectivity index is 1.88. The topological polar surface area (TPSA) is 63.5 Å². The predicted octanol–water partition coefficient (Wildman–Crippen LogP) is 6.57. The molecule has 0 fully saturated rings. The first-order chi connectivity index (χ1) is 16.3. The van der Waals surface area contributed by atoms with E-state index >= 15 is 0 Å². The van der Waals surface area contributed by atoms with Crippen LogP contribution in [0.1, 0.15) is 37.5 Å². The molecule has 0 saturated carbocycles. The summed E-state index contributed by atoms with van der Waals surface area (Å²) >= 11 is 0. The van der Waals surface area contributed by atoms with Gasteiger partial charge in [0.05, 0.1) is 31.4 Å². The van der Waals surface area contributed by atoms with Gasteiger partial charge in [-0.3, -0.25) is 0 Å². The molecule has 3 aromatic rings. The van der Waals surface area contributed by atoms with Crippen molar-refractivity contribution in [1.29, 1.82) is 5.26 Å². The average molecular weight is 459 g/mol. The molecule has 4 rings (SSSR count). The zero-order chi connectivity index (χ0) is 24.5. The zero-order valence-corrected chi connectivity index (χ0v) is 20.0. The van der Waals surface area contributed by atoms with Crippen molar-refractivity contribution in [2.24, 2.45) is 0 Å². The summed E-state index contributed by atoms with van der Waals surface area (Å²) in [5, 5.41) is 12.9. The number of nitriles is 1. The van der Waals surface area contributed by atoms with Crippen molar-refractivity contribution < 1.29 is 18.6 Å². The van der Waals surface area contributed by atoms with Gasteiger partial charge in [0.1, 0.15) is 18.2 Å². The van der Waals surface area contributed by atoms with E-state index in [1.54, 1.807) is 31.4 Å². The lowest BCUT2D eigenvalue weighted by Crippen LogP contribution is -2.32. The molecule has 5 nitrogen and oxygen atoms in total. The largest absolute Gasteiger partial charge is 0.496 e. The molecule has 0 radical (unpaired) electrons. The summed E-state index contributed by atoms with van der Waals surface area (Å²) in [5.74, 6) is 1.09. The standard InChI is InChI=1S/C28H27FN2O3/c1-17-14-28(2,3)31-23-10-9-20(21-8-7-19(29)13-25(21)33-5)22(27(17)23)16-34-26-12-18(15-30)6-11-24(26)32-4/h6-14,31H,16H2,1-5H3. The summed E-state index contributed by atoms with van der Waals surface area (Å²) in [7, 11) is 3.09. The van der Waals surface area contributed by atoms with Gasteiger partial charge in [0, 0.05) is 34.5 Å². The van der Waals surface area contributed by atoms with Crippen LogP contribution < -0.4 is 19.5 Å². The summed E-state index contributed by atoms with van der Waals surface area (Å²) in [4.78, 5) is 0. The van der Waals surface area contributed by atoms with Crippen molar-refractivity contribution in [3.63, 3.8) is 0 Å². The maximum absolute atomic E-state index is 13.9. The van der Waals surface area contributed by atoms with Gasteiger partial charge in [-0.1, -0.05) is 12.1 Å². The van der Waals surface area contributed by atoms with E-state index in [4.69, 9.17) is 14.2 Å². The lowest BCUT2D eigenvalue weighted by atomic mass is 9.85. The lowest BCUT2D eigenvalue weighted by Gasteiger charge is -2.33. The highest BCUT2D eigenvalue weighted by molar-refractivity contribution is 5.88. The van der Waals surface area contributed by atoms with Crippen LogP contribution in [0.4, 0.5) is 10.1 Å². The van der Waals surface area contributed by atoms with Crippen LogP contribution in [-0.4, -0.2) is 19.8 Å². The number of hydrogen-bond donors (Lipinski definition) is 1. The predicted molar refractivity (Wildman–Crippen MR) is 132 cm³/mol. The zero-order valence-electron chi connectivity index (χ0n) is 20.0. The molecule has 0 unspecified atom stereocenters. The summed E-state index contributed by atoms with van der Waals surface area (Å²) in [6.45, 7) is 6.51. The average Bonchev–Trinajstić information content (AvgIpc) is 2.81. The fourth-order valence-corrected chi connectivity index (χ4v) is 4.50. The number of nitrogens with zero attached hydrogens (tertiary/aromatic N) is 1. The van der Waals surface area contributed by atoms with Gasteiger partial charge in [-0.15, -0.1) is 0 Å². The van der Waals surface area contributed by atoms with Crippen LogP contribution >= 0.6 is 0 Å². The molecule has 0 bridgehead atoms. The molecule has 0 saturated heterocycles. The van der Waals surface area contributed by atoms with Gasteiger partial charge >= 0.3 is 0 Å². The molecule has 0 atom stereocenters. The Bertz CT molecular complexity index is 1320. The van der Waals surface area contributed by atoms with Crippen LogP contribution in [0.25, 0.3) is 16.7 Å². The molecule has 0 amide bonds. The molecule has 34 heavy (non-hydrogen) atoms. The Morgan fingerprint density at radius 3 is 2.38 bits per heavy atom. The smallest absolute Gasteiger partial charge is 0.162 e. The Labute approximate surface area is 199 Å². The lowest BCUT2D eigenvalue weighted by molar-refractivity contribution is 0.284. The monoisotopic (exact) mass is 458 g/mol. The summed E-state index contributed by atoms with van der Waals surface area (Å²) in [6, 6.07) is 15.7. The SMILES string of the molecule is COc1ccc(C#N)cc1OCc1c(-c2ccc(F)cc2OC)ccc2c1C(C)=CC(C)(C)N2. The molecule has 1 N–H and O–H groups in total. The second kappa shape index (κ2) is 9.11. The summed E-state index contributed by atoms with van der Waals surface area (Å²) in [6.07, 6.45) is 2.18. The first-order valence-corrected chi connectivity index (χ1v) is 10.9. The van der Waals surface area contributed by atoms with Crippen LogP contribution in [0.15, 0.2) is 54.6 Å². The number of rotatable bonds is 6. The molecule has 6 heteroatoms. The molecule has 174 valence electrons. The molecule has 1 aliphatic heterocycles. The molecule has 1 aliphatic rings. The van der Waals surface area contributed by atoms with Crippen LogP contribution in [0.5, 0.6) is 17.2 Å². The Hall–Kier alpha value is -3.98. The maximum Gasteiger partial charge on any atom is 0.162 e. The van der Waals surface area contributed by atoms with E-state index in [0.29, 0.717) is 22.8 Å². The van der Waals surface area contributed by atoms with E-state index in [1.807, 2.05) is 12.1 Å². The molecule has 0 aromatic heterocycles. The number of allylic oxidation sites excluding steroid dienone is 1. The molecule has 0 aliphatic carbocycles. The fraction of sp³-hybridized carbons (Fsp3) is 0.250. The van der Waals surface area contributed by atoms with Crippen LogP contribution in [0, 0.1) is 17.1 Å². The van der Waals surface area contributed by atoms with Crippen LogP contribution in [0.3, 0.4) is 0 Å². The third kappa shape index (κ3) is 4.42. The minimum atomic E-state index is -0.367. The molecule has 0 spiro atoms. The first-order valence-electron chi connectivity index (χ1n) is 10.9. The third-order valence-electron chi connectivity index (χ3n) is 5.86. The van der Waals surface area contributed by atoms with Crippen molar-refractivity contribution in [2.45, 2.75) is 32.9 Å². The highest BCUT2D eigenvalue weighted by atomic mass is 19.1. The highest BCUT2D eigenvalue weighted by Crippen LogP contribution is 2.43. The van der Waals surface area contributed by atoms with E-state index in [-0.39, 0.29) is 18.0 Å². The fourth-order valence-electron chi connectivity index (χ4n) is 4.50. The van der Waals surface area contributed by atoms with Crippen molar-refractivity contribution >= 4 is 11.3 Å². The quantitative estimate of drug-likeness (QED) is 0.453. The van der Waals surface area contributed by atoms with Gasteiger partial charge < -0.3 is 19.5 Å². The number of hydrogen-bond acceptors (Lipinski definition) is 5. The minimum Gasteiger partial charge on any atom is -0.496 e. The van der Waals surface area contributed by atoms with E-state index < -0.39 is 0 Å². The number of anilines is 1. The van der Waals surface area contributed by atoms with Crippen LogP contribution in [0.2, 0.25) is 0 Å². The number of halogens is 1. The number of methoxy groups -OCH3 is 2. The minimum absolute atomic E-state index is 0.200. The van der Waals surface area contributed by atoms with E-state index in [1.165, 1.54) is 19.2 Å². The van der Waals surface area contributed by atoms with Gasteiger partial charge in [-0.05, 0) is 62.2 Å². The first kappa shape index (κ1) is 23.2. The molecule has 1 heterocycles. The van der Waals surface area contributed by atoms with Gasteiger partial charge in [0.2, 0.25) is 0 Å². The van der Waals surface area contributed by atoms with Crippen LogP contribution in [-0.2, 0) is 6.61 Å². The van der Waals surface area contributed by atoms with Gasteiger partial charge in [0.15, 0.2) is 11.5 Å². The van der Waals surface area contributed by atoms with E-state index in [0.717, 1.165) is 33.5 Å².